The minimum absolute atomic E-state index is 0.0316. The second-order valence-electron chi connectivity index (χ2n) is 6.38. The van der Waals surface area contributed by atoms with Gasteiger partial charge in [-0.25, -0.2) is 4.98 Å². The zero-order chi connectivity index (χ0) is 16.5. The van der Waals surface area contributed by atoms with Crippen LogP contribution in [0, 0.1) is 6.92 Å². The molecule has 24 heavy (non-hydrogen) atoms. The van der Waals surface area contributed by atoms with Gasteiger partial charge in [0.15, 0.2) is 0 Å². The van der Waals surface area contributed by atoms with Gasteiger partial charge in [-0.2, -0.15) is 0 Å². The third kappa shape index (κ3) is 3.09. The molecule has 1 fully saturated rings. The van der Waals surface area contributed by atoms with Gasteiger partial charge in [0.05, 0.1) is 12.6 Å². The van der Waals surface area contributed by atoms with Gasteiger partial charge in [-0.15, -0.1) is 11.3 Å². The molecule has 3 heterocycles. The molecule has 0 radical (unpaired) electrons. The molecule has 1 saturated heterocycles. The summed E-state index contributed by atoms with van der Waals surface area (Å²) in [5.74, 6) is 0.0934. The first kappa shape index (κ1) is 15.7. The number of hydrogen-bond donors (Lipinski definition) is 1. The van der Waals surface area contributed by atoms with Crippen LogP contribution in [-0.2, 0) is 16.0 Å². The first-order valence-corrected chi connectivity index (χ1v) is 9.25. The fourth-order valence-electron chi connectivity index (χ4n) is 3.47. The van der Waals surface area contributed by atoms with Crippen molar-refractivity contribution in [2.75, 3.05) is 25.0 Å². The first-order valence-electron chi connectivity index (χ1n) is 8.37. The van der Waals surface area contributed by atoms with Crippen LogP contribution in [0.2, 0.25) is 0 Å². The molecule has 1 N–H and O–H groups in total. The van der Waals surface area contributed by atoms with Crippen molar-refractivity contribution >= 4 is 22.9 Å². The number of fused-ring (bicyclic) bond motifs is 1. The number of aryl methyl sites for hydroxylation is 2. The van der Waals surface area contributed by atoms with Gasteiger partial charge < -0.3 is 10.1 Å². The lowest BCUT2D eigenvalue weighted by atomic mass is 10.0. The number of nitrogens with one attached hydrogen (secondary N) is 1. The molecule has 126 valence electrons. The van der Waals surface area contributed by atoms with Gasteiger partial charge in [0, 0.05) is 29.9 Å². The molecule has 0 aliphatic carbocycles. The quantitative estimate of drug-likeness (QED) is 0.911. The minimum atomic E-state index is -0.107. The predicted molar refractivity (Wildman–Crippen MR) is 94.3 cm³/mol. The van der Waals surface area contributed by atoms with Crippen LogP contribution in [0.1, 0.15) is 28.8 Å². The van der Waals surface area contributed by atoms with Gasteiger partial charge >= 0.3 is 0 Å². The molecule has 1 aromatic heterocycles. The van der Waals surface area contributed by atoms with E-state index in [1.807, 2.05) is 30.5 Å². The zero-order valence-electron chi connectivity index (χ0n) is 13.7. The van der Waals surface area contributed by atoms with E-state index in [1.54, 1.807) is 11.3 Å². The Hall–Kier alpha value is -1.76. The molecule has 6 heteroatoms. The molecule has 2 aliphatic rings. The van der Waals surface area contributed by atoms with Crippen LogP contribution in [0.3, 0.4) is 0 Å². The minimum Gasteiger partial charge on any atom is -0.368 e. The number of morpholine rings is 1. The van der Waals surface area contributed by atoms with Crippen LogP contribution in [-0.4, -0.2) is 41.5 Å². The van der Waals surface area contributed by atoms with E-state index in [-0.39, 0.29) is 18.1 Å². The van der Waals surface area contributed by atoms with E-state index in [9.17, 15) is 4.79 Å². The third-order valence-corrected chi connectivity index (χ3v) is 5.77. The molecule has 2 aromatic rings. The van der Waals surface area contributed by atoms with Crippen molar-refractivity contribution in [2.24, 2.45) is 0 Å². The number of ether oxygens (including phenoxy) is 1. The van der Waals surface area contributed by atoms with Gasteiger partial charge in [0.2, 0.25) is 5.91 Å². The van der Waals surface area contributed by atoms with Gasteiger partial charge in [0.25, 0.3) is 0 Å². The summed E-state index contributed by atoms with van der Waals surface area (Å²) >= 11 is 1.64. The monoisotopic (exact) mass is 343 g/mol. The molecular weight excluding hydrogens is 322 g/mol. The lowest BCUT2D eigenvalue weighted by Gasteiger charge is -2.36. The standard InChI is InChI=1S/C18H21N3O2S/c1-12-11-24-18(19-12)16-10-21(8-9-23-16)15-7-6-13-4-2-3-5-14(13)20-17(15)22/h2-5,11,15-16H,6-10H2,1H3,(H,20,22). The second kappa shape index (κ2) is 6.63. The highest BCUT2D eigenvalue weighted by molar-refractivity contribution is 7.09. The maximum absolute atomic E-state index is 12.7. The molecular formula is C18H21N3O2S. The number of nitrogens with zero attached hydrogens (tertiary/aromatic N) is 2. The van der Waals surface area contributed by atoms with Crippen LogP contribution in [0.4, 0.5) is 5.69 Å². The van der Waals surface area contributed by atoms with Gasteiger partial charge in [-0.05, 0) is 31.4 Å². The van der Waals surface area contributed by atoms with E-state index in [0.717, 1.165) is 42.3 Å². The van der Waals surface area contributed by atoms with Gasteiger partial charge in [-0.3, -0.25) is 9.69 Å². The number of aromatic nitrogens is 1. The van der Waals surface area contributed by atoms with Crippen molar-refractivity contribution in [1.29, 1.82) is 0 Å². The van der Waals surface area contributed by atoms with Crippen molar-refractivity contribution in [3.8, 4) is 0 Å². The fourth-order valence-corrected chi connectivity index (χ4v) is 4.30. The summed E-state index contributed by atoms with van der Waals surface area (Å²) in [4.78, 5) is 19.5. The number of carbonyl (C=O) groups excluding carboxylic acids is 1. The highest BCUT2D eigenvalue weighted by Crippen LogP contribution is 2.29. The van der Waals surface area contributed by atoms with Crippen molar-refractivity contribution in [2.45, 2.75) is 31.9 Å². The maximum Gasteiger partial charge on any atom is 0.241 e. The lowest BCUT2D eigenvalue weighted by Crippen LogP contribution is -2.49. The van der Waals surface area contributed by atoms with E-state index in [1.165, 1.54) is 5.56 Å². The number of carbonyl (C=O) groups is 1. The first-order chi connectivity index (χ1) is 11.7. The Morgan fingerprint density at radius 3 is 3.08 bits per heavy atom. The Bertz CT molecular complexity index is 745. The highest BCUT2D eigenvalue weighted by Gasteiger charge is 2.34. The number of amides is 1. The summed E-state index contributed by atoms with van der Waals surface area (Å²) in [6.07, 6.45) is 1.72. The average molecular weight is 343 g/mol. The predicted octanol–water partition coefficient (Wildman–Crippen LogP) is 2.78. The Morgan fingerprint density at radius 1 is 1.38 bits per heavy atom. The largest absolute Gasteiger partial charge is 0.368 e. The van der Waals surface area contributed by atoms with Crippen LogP contribution >= 0.6 is 11.3 Å². The molecule has 2 aliphatic heterocycles. The fraction of sp³-hybridized carbons (Fsp3) is 0.444. The second-order valence-corrected chi connectivity index (χ2v) is 7.27. The van der Waals surface area contributed by atoms with Crippen LogP contribution in [0.15, 0.2) is 29.6 Å². The number of para-hydroxylation sites is 1. The van der Waals surface area contributed by atoms with Crippen molar-refractivity contribution in [3.05, 3.63) is 45.9 Å². The smallest absolute Gasteiger partial charge is 0.241 e. The summed E-state index contributed by atoms with van der Waals surface area (Å²) in [7, 11) is 0. The van der Waals surface area contributed by atoms with Crippen LogP contribution < -0.4 is 5.32 Å². The average Bonchev–Trinajstić information content (AvgIpc) is 2.95. The zero-order valence-corrected chi connectivity index (χ0v) is 14.5. The van der Waals surface area contributed by atoms with Gasteiger partial charge in [-0.1, -0.05) is 18.2 Å². The molecule has 2 atom stereocenters. The van der Waals surface area contributed by atoms with Crippen LogP contribution in [0.5, 0.6) is 0 Å². The van der Waals surface area contributed by atoms with E-state index >= 15 is 0 Å². The Balaban J connectivity index is 1.50. The van der Waals surface area contributed by atoms with Crippen molar-refractivity contribution in [1.82, 2.24) is 9.88 Å². The topological polar surface area (TPSA) is 54.5 Å². The molecule has 0 spiro atoms. The summed E-state index contributed by atoms with van der Waals surface area (Å²) in [6, 6.07) is 7.97. The van der Waals surface area contributed by atoms with Crippen molar-refractivity contribution < 1.29 is 9.53 Å². The lowest BCUT2D eigenvalue weighted by molar-refractivity contribution is -0.125. The van der Waals surface area contributed by atoms with Crippen molar-refractivity contribution in [3.63, 3.8) is 0 Å². The van der Waals surface area contributed by atoms with E-state index in [4.69, 9.17) is 4.74 Å². The molecule has 0 bridgehead atoms. The summed E-state index contributed by atoms with van der Waals surface area (Å²) in [6.45, 7) is 4.15. The highest BCUT2D eigenvalue weighted by atomic mass is 32.1. The van der Waals surface area contributed by atoms with Gasteiger partial charge in [0.1, 0.15) is 11.1 Å². The molecule has 4 rings (SSSR count). The molecule has 5 nitrogen and oxygen atoms in total. The summed E-state index contributed by atoms with van der Waals surface area (Å²) in [5, 5.41) is 6.15. The molecule has 1 amide bonds. The normalized spacial score (nSPS) is 25.0. The van der Waals surface area contributed by atoms with Crippen LogP contribution in [0.25, 0.3) is 0 Å². The SMILES string of the molecule is Cc1csc(C2CN(C3CCc4ccccc4NC3=O)CCO2)n1. The number of thiazole rings is 1. The Morgan fingerprint density at radius 2 is 2.25 bits per heavy atom. The Labute approximate surface area is 145 Å². The van der Waals surface area contributed by atoms with E-state index in [0.29, 0.717) is 6.61 Å². The summed E-state index contributed by atoms with van der Waals surface area (Å²) in [5.41, 5.74) is 3.19. The van der Waals surface area contributed by atoms with E-state index < -0.39 is 0 Å². The number of rotatable bonds is 2. The number of anilines is 1. The molecule has 1 aromatic carbocycles. The number of benzene rings is 1. The molecule has 0 saturated carbocycles. The maximum atomic E-state index is 12.7. The molecule has 2 unspecified atom stereocenters. The van der Waals surface area contributed by atoms with E-state index in [2.05, 4.69) is 21.3 Å². The summed E-state index contributed by atoms with van der Waals surface area (Å²) < 4.78 is 5.90. The number of hydrogen-bond acceptors (Lipinski definition) is 5. The Kier molecular flexibility index (Phi) is 4.35. The third-order valence-electron chi connectivity index (χ3n) is 4.72.